The minimum Gasteiger partial charge on any atom is -0.388 e. The molecule has 1 atom stereocenters. The predicted octanol–water partition coefficient (Wildman–Crippen LogP) is 2.79. The number of amides is 1. The van der Waals surface area contributed by atoms with Gasteiger partial charge in [-0.3, -0.25) is 4.79 Å². The van der Waals surface area contributed by atoms with E-state index in [0.29, 0.717) is 30.7 Å². The van der Waals surface area contributed by atoms with Crippen molar-refractivity contribution < 1.29 is 9.90 Å². The van der Waals surface area contributed by atoms with Gasteiger partial charge in [0.25, 0.3) is 0 Å². The summed E-state index contributed by atoms with van der Waals surface area (Å²) in [4.78, 5) is 11.8. The average Bonchev–Trinajstić information content (AvgIpc) is 2.49. The summed E-state index contributed by atoms with van der Waals surface area (Å²) in [6.07, 6.45) is 2.63. The second kappa shape index (κ2) is 8.55. The molecule has 0 aliphatic carbocycles. The SMILES string of the molecule is CC(C)CCC(C)(O)CNC(=O)CCc1ccc(C#N)cc1. The molecule has 2 N–H and O–H groups in total. The minimum absolute atomic E-state index is 0.0609. The van der Waals surface area contributed by atoms with Gasteiger partial charge >= 0.3 is 0 Å². The van der Waals surface area contributed by atoms with E-state index in [0.717, 1.165) is 12.0 Å². The van der Waals surface area contributed by atoms with Crippen molar-refractivity contribution in [3.8, 4) is 6.07 Å². The number of rotatable bonds is 8. The van der Waals surface area contributed by atoms with Crippen molar-refractivity contribution in [3.63, 3.8) is 0 Å². The zero-order valence-electron chi connectivity index (χ0n) is 13.7. The molecule has 1 aromatic carbocycles. The number of hydrogen-bond acceptors (Lipinski definition) is 3. The van der Waals surface area contributed by atoms with Gasteiger partial charge in [0.1, 0.15) is 0 Å². The van der Waals surface area contributed by atoms with E-state index in [1.165, 1.54) is 0 Å². The van der Waals surface area contributed by atoms with Crippen LogP contribution in [0.1, 0.15) is 51.2 Å². The van der Waals surface area contributed by atoms with Crippen LogP contribution >= 0.6 is 0 Å². The smallest absolute Gasteiger partial charge is 0.220 e. The standard InChI is InChI=1S/C18H26N2O2/c1-14(2)10-11-18(3,22)13-20-17(21)9-8-15-4-6-16(12-19)7-5-15/h4-7,14,22H,8-11,13H2,1-3H3,(H,20,21). The van der Waals surface area contributed by atoms with Crippen LogP contribution in [0, 0.1) is 17.2 Å². The van der Waals surface area contributed by atoms with Crippen LogP contribution < -0.4 is 5.32 Å². The van der Waals surface area contributed by atoms with Gasteiger partial charge in [-0.1, -0.05) is 26.0 Å². The Labute approximate surface area is 133 Å². The highest BCUT2D eigenvalue weighted by atomic mass is 16.3. The lowest BCUT2D eigenvalue weighted by atomic mass is 9.95. The van der Waals surface area contributed by atoms with Crippen LogP contribution in [-0.4, -0.2) is 23.2 Å². The molecule has 22 heavy (non-hydrogen) atoms. The molecule has 0 aliphatic rings. The lowest BCUT2D eigenvalue weighted by Gasteiger charge is -2.24. The third-order valence-electron chi connectivity index (χ3n) is 3.65. The van der Waals surface area contributed by atoms with Crippen molar-refractivity contribution >= 4 is 5.91 Å². The predicted molar refractivity (Wildman–Crippen MR) is 87.2 cm³/mol. The molecule has 1 rings (SSSR count). The van der Waals surface area contributed by atoms with Gasteiger partial charge in [0.2, 0.25) is 5.91 Å². The maximum absolute atomic E-state index is 11.8. The summed E-state index contributed by atoms with van der Waals surface area (Å²) >= 11 is 0. The molecular weight excluding hydrogens is 276 g/mol. The first kappa shape index (κ1) is 18.2. The first-order chi connectivity index (χ1) is 10.3. The Morgan fingerprint density at radius 1 is 1.36 bits per heavy atom. The molecule has 0 aromatic heterocycles. The summed E-state index contributed by atoms with van der Waals surface area (Å²) in [7, 11) is 0. The Hall–Kier alpha value is -1.86. The summed E-state index contributed by atoms with van der Waals surface area (Å²) in [5, 5.41) is 21.7. The van der Waals surface area contributed by atoms with Crippen molar-refractivity contribution in [1.29, 1.82) is 5.26 Å². The number of aryl methyl sites for hydroxylation is 1. The van der Waals surface area contributed by atoms with Crippen molar-refractivity contribution in [2.75, 3.05) is 6.54 Å². The number of carbonyl (C=O) groups is 1. The summed E-state index contributed by atoms with van der Waals surface area (Å²) in [6.45, 7) is 6.28. The first-order valence-electron chi connectivity index (χ1n) is 7.80. The summed E-state index contributed by atoms with van der Waals surface area (Å²) in [5.74, 6) is 0.479. The number of nitrogens with zero attached hydrogens (tertiary/aromatic N) is 1. The minimum atomic E-state index is -0.853. The zero-order valence-corrected chi connectivity index (χ0v) is 13.7. The fourth-order valence-corrected chi connectivity index (χ4v) is 2.07. The summed E-state index contributed by atoms with van der Waals surface area (Å²) < 4.78 is 0. The lowest BCUT2D eigenvalue weighted by molar-refractivity contribution is -0.122. The molecule has 0 radical (unpaired) electrons. The van der Waals surface area contributed by atoms with Crippen molar-refractivity contribution in [2.24, 2.45) is 5.92 Å². The van der Waals surface area contributed by atoms with Crippen LogP contribution in [0.3, 0.4) is 0 Å². The number of nitrogens with one attached hydrogen (secondary N) is 1. The van der Waals surface area contributed by atoms with Crippen LogP contribution in [-0.2, 0) is 11.2 Å². The topological polar surface area (TPSA) is 73.1 Å². The molecule has 0 spiro atoms. The van der Waals surface area contributed by atoms with Gasteiger partial charge in [0.15, 0.2) is 0 Å². The fourth-order valence-electron chi connectivity index (χ4n) is 2.07. The molecule has 0 saturated heterocycles. The highest BCUT2D eigenvalue weighted by Gasteiger charge is 2.21. The van der Waals surface area contributed by atoms with Crippen LogP contribution in [0.2, 0.25) is 0 Å². The highest BCUT2D eigenvalue weighted by molar-refractivity contribution is 5.76. The molecule has 0 bridgehead atoms. The quantitative estimate of drug-likeness (QED) is 0.775. The molecule has 0 saturated carbocycles. The van der Waals surface area contributed by atoms with Crippen LogP contribution in [0.4, 0.5) is 0 Å². The van der Waals surface area contributed by atoms with Crippen LogP contribution in [0.25, 0.3) is 0 Å². The van der Waals surface area contributed by atoms with E-state index in [4.69, 9.17) is 5.26 Å². The van der Waals surface area contributed by atoms with Gasteiger partial charge in [-0.05, 0) is 49.8 Å². The van der Waals surface area contributed by atoms with Crippen molar-refractivity contribution in [1.82, 2.24) is 5.32 Å². The summed E-state index contributed by atoms with van der Waals surface area (Å²) in [6, 6.07) is 9.31. The molecule has 0 aliphatic heterocycles. The molecule has 1 amide bonds. The molecule has 4 nitrogen and oxygen atoms in total. The van der Waals surface area contributed by atoms with E-state index in [1.54, 1.807) is 19.1 Å². The zero-order chi connectivity index (χ0) is 16.6. The van der Waals surface area contributed by atoms with Gasteiger partial charge in [0, 0.05) is 13.0 Å². The van der Waals surface area contributed by atoms with E-state index in [2.05, 4.69) is 25.2 Å². The van der Waals surface area contributed by atoms with E-state index in [-0.39, 0.29) is 12.5 Å². The molecule has 1 unspecified atom stereocenters. The maximum atomic E-state index is 11.8. The Bertz CT molecular complexity index is 513. The molecule has 120 valence electrons. The monoisotopic (exact) mass is 302 g/mol. The van der Waals surface area contributed by atoms with E-state index < -0.39 is 5.60 Å². The van der Waals surface area contributed by atoms with E-state index >= 15 is 0 Å². The number of nitriles is 1. The lowest BCUT2D eigenvalue weighted by Crippen LogP contribution is -2.40. The highest BCUT2D eigenvalue weighted by Crippen LogP contribution is 2.15. The first-order valence-corrected chi connectivity index (χ1v) is 7.80. The largest absolute Gasteiger partial charge is 0.388 e. The normalized spacial score (nSPS) is 13.5. The number of benzene rings is 1. The van der Waals surface area contributed by atoms with E-state index in [9.17, 15) is 9.90 Å². The summed E-state index contributed by atoms with van der Waals surface area (Å²) in [5.41, 5.74) is 0.795. The van der Waals surface area contributed by atoms with Crippen LogP contribution in [0.5, 0.6) is 0 Å². The van der Waals surface area contributed by atoms with Gasteiger partial charge in [-0.2, -0.15) is 5.26 Å². The fraction of sp³-hybridized carbons (Fsp3) is 0.556. The Kier molecular flexibility index (Phi) is 7.07. The third kappa shape index (κ3) is 7.24. The maximum Gasteiger partial charge on any atom is 0.220 e. The number of aliphatic hydroxyl groups is 1. The number of carbonyl (C=O) groups excluding carboxylic acids is 1. The van der Waals surface area contributed by atoms with Gasteiger partial charge in [0.05, 0.1) is 17.2 Å². The molecular formula is C18H26N2O2. The molecule has 1 aromatic rings. The van der Waals surface area contributed by atoms with Gasteiger partial charge in [-0.15, -0.1) is 0 Å². The molecule has 4 heteroatoms. The molecule has 0 heterocycles. The third-order valence-corrected chi connectivity index (χ3v) is 3.65. The number of hydrogen-bond donors (Lipinski definition) is 2. The second-order valence-electron chi connectivity index (χ2n) is 6.51. The second-order valence-corrected chi connectivity index (χ2v) is 6.51. The Morgan fingerprint density at radius 3 is 2.55 bits per heavy atom. The van der Waals surface area contributed by atoms with E-state index in [1.807, 2.05) is 12.1 Å². The van der Waals surface area contributed by atoms with Gasteiger partial charge < -0.3 is 10.4 Å². The average molecular weight is 302 g/mol. The van der Waals surface area contributed by atoms with Crippen molar-refractivity contribution in [2.45, 2.75) is 52.1 Å². The Balaban J connectivity index is 2.32. The van der Waals surface area contributed by atoms with Crippen LogP contribution in [0.15, 0.2) is 24.3 Å². The molecule has 0 fully saturated rings. The Morgan fingerprint density at radius 2 is 2.00 bits per heavy atom. The van der Waals surface area contributed by atoms with Crippen molar-refractivity contribution in [3.05, 3.63) is 35.4 Å². The van der Waals surface area contributed by atoms with Gasteiger partial charge in [-0.25, -0.2) is 0 Å².